The van der Waals surface area contributed by atoms with Crippen LogP contribution >= 0.6 is 0 Å². The zero-order chi connectivity index (χ0) is 9.14. The predicted octanol–water partition coefficient (Wildman–Crippen LogP) is 2.15. The van der Waals surface area contributed by atoms with E-state index in [-0.39, 0.29) is 12.0 Å². The molecule has 0 aromatic carbocycles. The molecule has 1 heterocycles. The first-order valence-electron chi connectivity index (χ1n) is 4.33. The van der Waals surface area contributed by atoms with Gasteiger partial charge in [-0.3, -0.25) is 0 Å². The molecule has 2 heteroatoms. The highest BCUT2D eigenvalue weighted by Gasteiger charge is 2.11. The Kier molecular flexibility index (Phi) is 2.93. The van der Waals surface area contributed by atoms with Crippen molar-refractivity contribution in [1.29, 1.82) is 0 Å². The first-order valence-corrected chi connectivity index (χ1v) is 4.33. The lowest BCUT2D eigenvalue weighted by Gasteiger charge is -2.11. The number of hydrogen-bond donors (Lipinski definition) is 1. The lowest BCUT2D eigenvalue weighted by molar-refractivity contribution is 0.131. The van der Waals surface area contributed by atoms with Crippen LogP contribution in [-0.4, -0.2) is 11.2 Å². The van der Waals surface area contributed by atoms with Gasteiger partial charge in [0.25, 0.3) is 0 Å². The van der Waals surface area contributed by atoms with Crippen LogP contribution in [-0.2, 0) is 6.42 Å². The highest BCUT2D eigenvalue weighted by Crippen LogP contribution is 2.14. The van der Waals surface area contributed by atoms with E-state index in [1.54, 1.807) is 6.92 Å². The molecule has 0 aliphatic carbocycles. The molecule has 1 aromatic heterocycles. The van der Waals surface area contributed by atoms with Crippen molar-refractivity contribution in [3.8, 4) is 0 Å². The Hall–Kier alpha value is -0.760. The summed E-state index contributed by atoms with van der Waals surface area (Å²) in [5, 5.41) is 9.25. The zero-order valence-corrected chi connectivity index (χ0v) is 7.87. The van der Waals surface area contributed by atoms with Gasteiger partial charge in [0.2, 0.25) is 0 Å². The first kappa shape index (κ1) is 9.33. The highest BCUT2D eigenvalue weighted by atomic mass is 16.3. The van der Waals surface area contributed by atoms with Gasteiger partial charge in [0.1, 0.15) is 11.5 Å². The van der Waals surface area contributed by atoms with Crippen molar-refractivity contribution in [2.75, 3.05) is 0 Å². The fourth-order valence-electron chi connectivity index (χ4n) is 1.08. The lowest BCUT2D eigenvalue weighted by Crippen LogP contribution is -2.15. The second-order valence-electron chi connectivity index (χ2n) is 3.43. The van der Waals surface area contributed by atoms with Gasteiger partial charge in [0.15, 0.2) is 0 Å². The SMILES string of the molecule is Cc1ccc(CC(C)C(C)O)o1. The predicted molar refractivity (Wildman–Crippen MR) is 48.0 cm³/mol. The van der Waals surface area contributed by atoms with Crippen molar-refractivity contribution in [2.45, 2.75) is 33.3 Å². The summed E-state index contributed by atoms with van der Waals surface area (Å²) in [6.07, 6.45) is 0.543. The molecule has 2 atom stereocenters. The minimum absolute atomic E-state index is 0.260. The number of aryl methyl sites for hydroxylation is 1. The number of furan rings is 1. The van der Waals surface area contributed by atoms with Crippen molar-refractivity contribution in [1.82, 2.24) is 0 Å². The summed E-state index contributed by atoms with van der Waals surface area (Å²) in [5.74, 6) is 2.15. The van der Waals surface area contributed by atoms with Gasteiger partial charge in [-0.05, 0) is 31.9 Å². The van der Waals surface area contributed by atoms with Gasteiger partial charge < -0.3 is 9.52 Å². The second-order valence-corrected chi connectivity index (χ2v) is 3.43. The molecule has 0 bridgehead atoms. The van der Waals surface area contributed by atoms with Gasteiger partial charge in [-0.25, -0.2) is 0 Å². The summed E-state index contributed by atoms with van der Waals surface area (Å²) in [7, 11) is 0. The number of aliphatic hydroxyl groups is 1. The fourth-order valence-corrected chi connectivity index (χ4v) is 1.08. The van der Waals surface area contributed by atoms with E-state index in [0.29, 0.717) is 0 Å². The minimum atomic E-state index is -0.268. The average molecular weight is 168 g/mol. The van der Waals surface area contributed by atoms with Gasteiger partial charge >= 0.3 is 0 Å². The molecule has 1 rings (SSSR count). The molecule has 0 radical (unpaired) electrons. The van der Waals surface area contributed by atoms with Crippen LogP contribution in [0, 0.1) is 12.8 Å². The summed E-state index contributed by atoms with van der Waals surface area (Å²) >= 11 is 0. The maximum Gasteiger partial charge on any atom is 0.104 e. The molecular formula is C10H16O2. The summed E-state index contributed by atoms with van der Waals surface area (Å²) < 4.78 is 5.39. The largest absolute Gasteiger partial charge is 0.466 e. The number of aliphatic hydroxyl groups excluding tert-OH is 1. The molecule has 2 unspecified atom stereocenters. The van der Waals surface area contributed by atoms with Crippen LogP contribution in [0.5, 0.6) is 0 Å². The molecule has 1 N–H and O–H groups in total. The van der Waals surface area contributed by atoms with Crippen molar-refractivity contribution < 1.29 is 9.52 Å². The van der Waals surface area contributed by atoms with Gasteiger partial charge in [-0.1, -0.05) is 6.92 Å². The molecule has 0 aliphatic heterocycles. The van der Waals surface area contributed by atoms with E-state index in [9.17, 15) is 5.11 Å². The van der Waals surface area contributed by atoms with E-state index in [2.05, 4.69) is 0 Å². The van der Waals surface area contributed by atoms with Crippen molar-refractivity contribution in [3.05, 3.63) is 23.7 Å². The Morgan fingerprint density at radius 1 is 1.42 bits per heavy atom. The zero-order valence-electron chi connectivity index (χ0n) is 7.87. The van der Waals surface area contributed by atoms with Crippen molar-refractivity contribution in [2.24, 2.45) is 5.92 Å². The topological polar surface area (TPSA) is 33.4 Å². The number of hydrogen-bond acceptors (Lipinski definition) is 2. The smallest absolute Gasteiger partial charge is 0.104 e. The van der Waals surface area contributed by atoms with E-state index in [4.69, 9.17) is 4.42 Å². The summed E-state index contributed by atoms with van der Waals surface area (Å²) in [4.78, 5) is 0. The van der Waals surface area contributed by atoms with E-state index in [1.807, 2.05) is 26.0 Å². The second kappa shape index (κ2) is 3.76. The Balaban J connectivity index is 2.52. The first-order chi connectivity index (χ1) is 5.59. The van der Waals surface area contributed by atoms with E-state index in [0.717, 1.165) is 17.9 Å². The van der Waals surface area contributed by atoms with Crippen molar-refractivity contribution in [3.63, 3.8) is 0 Å². The molecule has 1 aromatic rings. The Bertz CT molecular complexity index is 238. The maximum absolute atomic E-state index is 9.25. The molecule has 0 saturated heterocycles. The van der Waals surface area contributed by atoms with Crippen LogP contribution in [0.4, 0.5) is 0 Å². The maximum atomic E-state index is 9.25. The molecule has 0 saturated carbocycles. The Morgan fingerprint density at radius 3 is 2.50 bits per heavy atom. The normalized spacial score (nSPS) is 16.0. The van der Waals surface area contributed by atoms with Crippen LogP contribution in [0.15, 0.2) is 16.5 Å². The minimum Gasteiger partial charge on any atom is -0.466 e. The Morgan fingerprint density at radius 2 is 2.08 bits per heavy atom. The average Bonchev–Trinajstić information content (AvgIpc) is 2.35. The van der Waals surface area contributed by atoms with Gasteiger partial charge in [-0.2, -0.15) is 0 Å². The quantitative estimate of drug-likeness (QED) is 0.750. The monoisotopic (exact) mass is 168 g/mol. The van der Waals surface area contributed by atoms with Crippen LogP contribution in [0.25, 0.3) is 0 Å². The molecule has 68 valence electrons. The molecule has 2 nitrogen and oxygen atoms in total. The summed E-state index contributed by atoms with van der Waals surface area (Å²) in [6, 6.07) is 3.91. The lowest BCUT2D eigenvalue weighted by atomic mass is 10.0. The molecule has 12 heavy (non-hydrogen) atoms. The van der Waals surface area contributed by atoms with Gasteiger partial charge in [0, 0.05) is 6.42 Å². The molecular weight excluding hydrogens is 152 g/mol. The van der Waals surface area contributed by atoms with E-state index >= 15 is 0 Å². The van der Waals surface area contributed by atoms with E-state index < -0.39 is 0 Å². The number of rotatable bonds is 3. The van der Waals surface area contributed by atoms with Crippen LogP contribution < -0.4 is 0 Å². The van der Waals surface area contributed by atoms with Gasteiger partial charge in [0.05, 0.1) is 6.10 Å². The highest BCUT2D eigenvalue weighted by molar-refractivity contribution is 5.06. The standard InChI is InChI=1S/C10H16O2/c1-7(9(3)11)6-10-5-4-8(2)12-10/h4-5,7,9,11H,6H2,1-3H3. The van der Waals surface area contributed by atoms with Gasteiger partial charge in [-0.15, -0.1) is 0 Å². The summed E-state index contributed by atoms with van der Waals surface area (Å²) in [6.45, 7) is 5.75. The Labute approximate surface area is 73.2 Å². The molecule has 0 fully saturated rings. The third-order valence-electron chi connectivity index (χ3n) is 2.14. The molecule has 0 amide bonds. The third kappa shape index (κ3) is 2.38. The fraction of sp³-hybridized carbons (Fsp3) is 0.600. The molecule has 0 spiro atoms. The van der Waals surface area contributed by atoms with E-state index in [1.165, 1.54) is 0 Å². The molecule has 0 aliphatic rings. The third-order valence-corrected chi connectivity index (χ3v) is 2.14. The van der Waals surface area contributed by atoms with Crippen molar-refractivity contribution >= 4 is 0 Å². The van der Waals surface area contributed by atoms with Crippen LogP contribution in [0.3, 0.4) is 0 Å². The van der Waals surface area contributed by atoms with Crippen LogP contribution in [0.1, 0.15) is 25.4 Å². The van der Waals surface area contributed by atoms with Crippen LogP contribution in [0.2, 0.25) is 0 Å². The summed E-state index contributed by atoms with van der Waals surface area (Å²) in [5.41, 5.74) is 0.